The van der Waals surface area contributed by atoms with Gasteiger partial charge in [0.15, 0.2) is 6.21 Å². The number of benzene rings is 1. The molecule has 3 nitrogen and oxygen atoms in total. The third kappa shape index (κ3) is 2.42. The molecule has 4 heteroatoms. The van der Waals surface area contributed by atoms with Gasteiger partial charge in [0, 0.05) is 25.3 Å². The molecule has 1 saturated carbocycles. The standard InChI is InChI=1S/C14H16FNO2/c1-14(9-3-2-4-13(14)17)16(18)10-11-5-7-12(15)8-6-11/h5-8,10H,2-4,9H2,1H3/b16-10-. The Kier molecular flexibility index (Phi) is 3.45. The molecule has 1 aliphatic rings. The van der Waals surface area contributed by atoms with Crippen LogP contribution < -0.4 is 0 Å². The van der Waals surface area contributed by atoms with E-state index in [0.29, 0.717) is 18.4 Å². The molecule has 0 N–H and O–H groups in total. The van der Waals surface area contributed by atoms with Gasteiger partial charge in [-0.3, -0.25) is 4.79 Å². The van der Waals surface area contributed by atoms with Crippen LogP contribution in [0.5, 0.6) is 0 Å². The van der Waals surface area contributed by atoms with E-state index in [-0.39, 0.29) is 11.6 Å². The molecule has 0 radical (unpaired) electrons. The van der Waals surface area contributed by atoms with Crippen molar-refractivity contribution in [3.05, 3.63) is 40.9 Å². The molecule has 18 heavy (non-hydrogen) atoms. The number of hydrogen-bond donors (Lipinski definition) is 0. The fourth-order valence-corrected chi connectivity index (χ4v) is 2.22. The first kappa shape index (κ1) is 12.7. The van der Waals surface area contributed by atoms with Gasteiger partial charge in [0.1, 0.15) is 5.82 Å². The lowest BCUT2D eigenvalue weighted by molar-refractivity contribution is -0.525. The minimum atomic E-state index is -0.966. The molecule has 0 aromatic heterocycles. The van der Waals surface area contributed by atoms with E-state index in [4.69, 9.17) is 0 Å². The molecular weight excluding hydrogens is 233 g/mol. The Bertz CT molecular complexity index is 481. The summed E-state index contributed by atoms with van der Waals surface area (Å²) in [5.41, 5.74) is -0.363. The van der Waals surface area contributed by atoms with Crippen LogP contribution in [0.3, 0.4) is 0 Å². The topological polar surface area (TPSA) is 43.1 Å². The maximum atomic E-state index is 12.8. The lowest BCUT2D eigenvalue weighted by Crippen LogP contribution is -2.46. The average molecular weight is 249 g/mol. The van der Waals surface area contributed by atoms with E-state index in [1.54, 1.807) is 6.92 Å². The third-order valence-corrected chi connectivity index (χ3v) is 3.54. The van der Waals surface area contributed by atoms with Crippen LogP contribution in [0.4, 0.5) is 4.39 Å². The van der Waals surface area contributed by atoms with Crippen molar-refractivity contribution in [2.75, 3.05) is 0 Å². The van der Waals surface area contributed by atoms with Gasteiger partial charge in [0.05, 0.1) is 0 Å². The van der Waals surface area contributed by atoms with Crippen molar-refractivity contribution in [1.82, 2.24) is 0 Å². The second-order valence-electron chi connectivity index (χ2n) is 4.91. The summed E-state index contributed by atoms with van der Waals surface area (Å²) < 4.78 is 13.5. The lowest BCUT2D eigenvalue weighted by atomic mass is 9.82. The Morgan fingerprint density at radius 2 is 2.00 bits per heavy atom. The summed E-state index contributed by atoms with van der Waals surface area (Å²) in [7, 11) is 0. The number of rotatable bonds is 2. The Morgan fingerprint density at radius 1 is 1.33 bits per heavy atom. The Morgan fingerprint density at radius 3 is 2.61 bits per heavy atom. The Labute approximate surface area is 106 Å². The zero-order valence-corrected chi connectivity index (χ0v) is 10.4. The van der Waals surface area contributed by atoms with Crippen molar-refractivity contribution in [1.29, 1.82) is 0 Å². The molecule has 1 fully saturated rings. The minimum absolute atomic E-state index is 0.0119. The van der Waals surface area contributed by atoms with Crippen molar-refractivity contribution in [2.45, 2.75) is 38.1 Å². The third-order valence-electron chi connectivity index (χ3n) is 3.54. The molecule has 0 bridgehead atoms. The number of ketones is 1. The largest absolute Gasteiger partial charge is 0.623 e. The quantitative estimate of drug-likeness (QED) is 0.350. The summed E-state index contributed by atoms with van der Waals surface area (Å²) in [6.45, 7) is 1.68. The zero-order valence-electron chi connectivity index (χ0n) is 10.4. The summed E-state index contributed by atoms with van der Waals surface area (Å²) in [5, 5.41) is 12.1. The second kappa shape index (κ2) is 4.88. The van der Waals surface area contributed by atoms with Crippen LogP contribution in [0.2, 0.25) is 0 Å². The average Bonchev–Trinajstić information content (AvgIpc) is 2.36. The predicted octanol–water partition coefficient (Wildman–Crippen LogP) is 2.66. The highest BCUT2D eigenvalue weighted by Crippen LogP contribution is 2.27. The van der Waals surface area contributed by atoms with Crippen LogP contribution in [0.15, 0.2) is 24.3 Å². The highest BCUT2D eigenvalue weighted by molar-refractivity contribution is 5.88. The smallest absolute Gasteiger partial charge is 0.227 e. The molecule has 2 rings (SSSR count). The molecule has 0 saturated heterocycles. The number of halogens is 1. The van der Waals surface area contributed by atoms with E-state index in [0.717, 1.165) is 17.6 Å². The normalized spacial score (nSPS) is 25.2. The molecule has 0 heterocycles. The maximum Gasteiger partial charge on any atom is 0.227 e. The van der Waals surface area contributed by atoms with Gasteiger partial charge in [-0.15, -0.1) is 0 Å². The monoisotopic (exact) mass is 249 g/mol. The van der Waals surface area contributed by atoms with E-state index < -0.39 is 5.54 Å². The van der Waals surface area contributed by atoms with Crippen molar-refractivity contribution in [2.24, 2.45) is 0 Å². The number of Topliss-reactive ketones (excluding diaryl/α,β-unsaturated/α-hetero) is 1. The highest BCUT2D eigenvalue weighted by atomic mass is 19.1. The van der Waals surface area contributed by atoms with Crippen LogP contribution >= 0.6 is 0 Å². The number of hydroxylamine groups is 1. The van der Waals surface area contributed by atoms with Gasteiger partial charge in [-0.1, -0.05) is 0 Å². The number of nitrogens with zero attached hydrogens (tertiary/aromatic N) is 1. The van der Waals surface area contributed by atoms with Gasteiger partial charge >= 0.3 is 0 Å². The van der Waals surface area contributed by atoms with Crippen LogP contribution in [0, 0.1) is 11.0 Å². The van der Waals surface area contributed by atoms with Crippen molar-refractivity contribution < 1.29 is 13.9 Å². The molecule has 1 aromatic rings. The van der Waals surface area contributed by atoms with Crippen molar-refractivity contribution in [3.63, 3.8) is 0 Å². The Hall–Kier alpha value is -1.71. The molecule has 1 unspecified atom stereocenters. The first-order valence-corrected chi connectivity index (χ1v) is 6.12. The Balaban J connectivity index is 2.26. The maximum absolute atomic E-state index is 12.8. The summed E-state index contributed by atoms with van der Waals surface area (Å²) in [5.74, 6) is -0.355. The zero-order chi connectivity index (χ0) is 13.2. The molecule has 1 aromatic carbocycles. The van der Waals surface area contributed by atoms with Gasteiger partial charge in [-0.25, -0.2) is 4.39 Å². The summed E-state index contributed by atoms with van der Waals surface area (Å²) in [6.07, 6.45) is 4.15. The molecule has 0 aliphatic heterocycles. The van der Waals surface area contributed by atoms with E-state index >= 15 is 0 Å². The fraction of sp³-hybridized carbons (Fsp3) is 0.429. The fourth-order valence-electron chi connectivity index (χ4n) is 2.22. The van der Waals surface area contributed by atoms with Crippen molar-refractivity contribution in [3.8, 4) is 0 Å². The number of carbonyl (C=O) groups excluding carboxylic acids is 1. The summed E-state index contributed by atoms with van der Waals surface area (Å²) >= 11 is 0. The van der Waals surface area contributed by atoms with Gasteiger partial charge in [0.25, 0.3) is 0 Å². The van der Waals surface area contributed by atoms with Crippen LogP contribution in [-0.2, 0) is 4.79 Å². The van der Waals surface area contributed by atoms with Gasteiger partial charge in [0.2, 0.25) is 11.3 Å². The molecule has 0 amide bonds. The molecular formula is C14H16FNO2. The highest BCUT2D eigenvalue weighted by Gasteiger charge is 2.42. The van der Waals surface area contributed by atoms with Crippen LogP contribution in [-0.4, -0.2) is 22.3 Å². The first-order valence-electron chi connectivity index (χ1n) is 6.12. The van der Waals surface area contributed by atoms with E-state index in [1.165, 1.54) is 30.5 Å². The van der Waals surface area contributed by atoms with Crippen molar-refractivity contribution >= 4 is 12.0 Å². The molecule has 0 spiro atoms. The number of hydrogen-bond acceptors (Lipinski definition) is 2. The van der Waals surface area contributed by atoms with Gasteiger partial charge < -0.3 is 5.21 Å². The lowest BCUT2D eigenvalue weighted by Gasteiger charge is -2.30. The predicted molar refractivity (Wildman–Crippen MR) is 67.1 cm³/mol. The summed E-state index contributed by atoms with van der Waals surface area (Å²) in [4.78, 5) is 11.9. The second-order valence-corrected chi connectivity index (χ2v) is 4.91. The first-order chi connectivity index (χ1) is 8.52. The van der Waals surface area contributed by atoms with Gasteiger partial charge in [-0.05, 0) is 37.1 Å². The van der Waals surface area contributed by atoms with E-state index in [1.807, 2.05) is 0 Å². The molecule has 96 valence electrons. The molecule has 1 atom stereocenters. The van der Waals surface area contributed by atoms with Crippen LogP contribution in [0.25, 0.3) is 0 Å². The number of carbonyl (C=O) groups is 1. The van der Waals surface area contributed by atoms with Crippen LogP contribution in [0.1, 0.15) is 38.2 Å². The van der Waals surface area contributed by atoms with Gasteiger partial charge in [-0.2, -0.15) is 4.74 Å². The SMILES string of the molecule is CC1(/[N+]([O-])=C/c2ccc(F)cc2)CCCCC1=O. The van der Waals surface area contributed by atoms with E-state index in [2.05, 4.69) is 0 Å². The summed E-state index contributed by atoms with van der Waals surface area (Å²) in [6, 6.07) is 5.64. The minimum Gasteiger partial charge on any atom is -0.623 e. The molecule has 1 aliphatic carbocycles. The van der Waals surface area contributed by atoms with E-state index in [9.17, 15) is 14.4 Å².